The lowest BCUT2D eigenvalue weighted by Gasteiger charge is -2.11. The Labute approximate surface area is 126 Å². The molecular formula is C12H13FN4O2S2. The first-order valence-electron chi connectivity index (χ1n) is 5.97. The third-order valence-corrected chi connectivity index (χ3v) is 4.41. The average Bonchev–Trinajstić information content (AvgIpc) is 2.91. The number of aromatic nitrogens is 2. The molecule has 0 fully saturated rings. The molecule has 6 nitrogen and oxygen atoms in total. The SMILES string of the molecule is NC(=S)c1c(F)cccc1S(=O)(=O)NCCn1cccn1. The van der Waals surface area contributed by atoms with Gasteiger partial charge in [0.15, 0.2) is 0 Å². The molecule has 0 radical (unpaired) electrons. The maximum absolute atomic E-state index is 13.7. The van der Waals surface area contributed by atoms with E-state index in [1.165, 1.54) is 12.1 Å². The van der Waals surface area contributed by atoms with Gasteiger partial charge in [-0.2, -0.15) is 5.10 Å². The van der Waals surface area contributed by atoms with Gasteiger partial charge in [-0.25, -0.2) is 17.5 Å². The molecule has 1 heterocycles. The van der Waals surface area contributed by atoms with Crippen LogP contribution >= 0.6 is 12.2 Å². The zero-order chi connectivity index (χ0) is 15.5. The monoisotopic (exact) mass is 328 g/mol. The Kier molecular flexibility index (Phi) is 4.66. The molecule has 0 atom stereocenters. The van der Waals surface area contributed by atoms with Crippen molar-refractivity contribution in [3.8, 4) is 0 Å². The van der Waals surface area contributed by atoms with E-state index >= 15 is 0 Å². The number of hydrogen-bond acceptors (Lipinski definition) is 4. The fourth-order valence-electron chi connectivity index (χ4n) is 1.77. The second kappa shape index (κ2) is 6.29. The third-order valence-electron chi connectivity index (χ3n) is 2.70. The van der Waals surface area contributed by atoms with Gasteiger partial charge in [-0.15, -0.1) is 0 Å². The summed E-state index contributed by atoms with van der Waals surface area (Å²) in [6.45, 7) is 0.460. The van der Waals surface area contributed by atoms with Crippen molar-refractivity contribution in [1.29, 1.82) is 0 Å². The molecule has 0 saturated carbocycles. The molecule has 1 aromatic carbocycles. The zero-order valence-electron chi connectivity index (χ0n) is 10.9. The smallest absolute Gasteiger partial charge is 0.241 e. The Hall–Kier alpha value is -1.84. The number of hydrogen-bond donors (Lipinski definition) is 2. The summed E-state index contributed by atoms with van der Waals surface area (Å²) in [6.07, 6.45) is 3.29. The summed E-state index contributed by atoms with van der Waals surface area (Å²) in [6, 6.07) is 5.39. The molecule has 0 aliphatic rings. The fraction of sp³-hybridized carbons (Fsp3) is 0.167. The summed E-state index contributed by atoms with van der Waals surface area (Å²) in [7, 11) is -3.91. The first-order valence-corrected chi connectivity index (χ1v) is 7.86. The molecule has 112 valence electrons. The van der Waals surface area contributed by atoms with Crippen LogP contribution in [-0.4, -0.2) is 29.7 Å². The van der Waals surface area contributed by atoms with Crippen LogP contribution in [0.3, 0.4) is 0 Å². The number of nitrogens with one attached hydrogen (secondary N) is 1. The summed E-state index contributed by atoms with van der Waals surface area (Å²) < 4.78 is 42.1. The molecular weight excluding hydrogens is 315 g/mol. The highest BCUT2D eigenvalue weighted by molar-refractivity contribution is 7.89. The van der Waals surface area contributed by atoms with Gasteiger partial charge in [0.25, 0.3) is 0 Å². The van der Waals surface area contributed by atoms with Crippen LogP contribution in [0.1, 0.15) is 5.56 Å². The van der Waals surface area contributed by atoms with Crippen molar-refractivity contribution in [2.24, 2.45) is 5.73 Å². The molecule has 0 spiro atoms. The van der Waals surface area contributed by atoms with E-state index in [2.05, 4.69) is 9.82 Å². The quantitative estimate of drug-likeness (QED) is 0.759. The second-order valence-corrected chi connectivity index (χ2v) is 6.32. The van der Waals surface area contributed by atoms with E-state index < -0.39 is 15.8 Å². The summed E-state index contributed by atoms with van der Waals surface area (Å²) in [5.41, 5.74) is 5.12. The lowest BCUT2D eigenvalue weighted by Crippen LogP contribution is -2.30. The van der Waals surface area contributed by atoms with Crippen molar-refractivity contribution >= 4 is 27.2 Å². The van der Waals surface area contributed by atoms with E-state index in [-0.39, 0.29) is 22.0 Å². The molecule has 9 heteroatoms. The van der Waals surface area contributed by atoms with Crippen molar-refractivity contribution in [1.82, 2.24) is 14.5 Å². The number of rotatable bonds is 6. The summed E-state index contributed by atoms with van der Waals surface area (Å²) >= 11 is 4.71. The minimum atomic E-state index is -3.91. The predicted molar refractivity (Wildman–Crippen MR) is 79.7 cm³/mol. The van der Waals surface area contributed by atoms with Gasteiger partial charge in [-0.1, -0.05) is 18.3 Å². The topological polar surface area (TPSA) is 90.0 Å². The van der Waals surface area contributed by atoms with Gasteiger partial charge in [-0.3, -0.25) is 4.68 Å². The molecule has 0 amide bonds. The van der Waals surface area contributed by atoms with Crippen LogP contribution in [0.25, 0.3) is 0 Å². The van der Waals surface area contributed by atoms with E-state index in [0.717, 1.165) is 6.07 Å². The predicted octanol–water partition coefficient (Wildman–Crippen LogP) is 0.635. The molecule has 2 rings (SSSR count). The van der Waals surface area contributed by atoms with Crippen LogP contribution in [0.2, 0.25) is 0 Å². The Morgan fingerprint density at radius 1 is 1.43 bits per heavy atom. The van der Waals surface area contributed by atoms with Crippen LogP contribution in [-0.2, 0) is 16.6 Å². The number of halogens is 1. The van der Waals surface area contributed by atoms with Crippen LogP contribution < -0.4 is 10.5 Å². The maximum atomic E-state index is 13.7. The van der Waals surface area contributed by atoms with Crippen molar-refractivity contribution in [3.63, 3.8) is 0 Å². The highest BCUT2D eigenvalue weighted by atomic mass is 32.2. The number of thiocarbonyl (C=S) groups is 1. The number of nitrogens with two attached hydrogens (primary N) is 1. The molecule has 0 bridgehead atoms. The number of nitrogens with zero attached hydrogens (tertiary/aromatic N) is 2. The van der Waals surface area contributed by atoms with Crippen molar-refractivity contribution < 1.29 is 12.8 Å². The number of sulfonamides is 1. The molecule has 0 saturated heterocycles. The Bertz CT molecular complexity index is 745. The minimum Gasteiger partial charge on any atom is -0.389 e. The second-order valence-electron chi connectivity index (χ2n) is 4.14. The Morgan fingerprint density at radius 2 is 2.19 bits per heavy atom. The van der Waals surface area contributed by atoms with Gasteiger partial charge < -0.3 is 5.73 Å². The highest BCUT2D eigenvalue weighted by Gasteiger charge is 2.22. The van der Waals surface area contributed by atoms with Crippen LogP contribution in [0.4, 0.5) is 4.39 Å². The lowest BCUT2D eigenvalue weighted by atomic mass is 10.2. The van der Waals surface area contributed by atoms with Crippen LogP contribution in [0.15, 0.2) is 41.6 Å². The lowest BCUT2D eigenvalue weighted by molar-refractivity contribution is 0.558. The van der Waals surface area contributed by atoms with Crippen molar-refractivity contribution in [2.75, 3.05) is 6.54 Å². The van der Waals surface area contributed by atoms with Gasteiger partial charge in [0.1, 0.15) is 10.8 Å². The molecule has 2 aromatic rings. The highest BCUT2D eigenvalue weighted by Crippen LogP contribution is 2.18. The standard InChI is InChI=1S/C12H13FN4O2S2/c13-9-3-1-4-10(11(9)12(14)20)21(18,19)16-6-8-17-7-2-5-15-17/h1-5,7,16H,6,8H2,(H2,14,20). The molecule has 1 aromatic heterocycles. The fourth-order valence-corrected chi connectivity index (χ4v) is 3.29. The molecule has 0 unspecified atom stereocenters. The average molecular weight is 328 g/mol. The van der Waals surface area contributed by atoms with Gasteiger partial charge in [0.05, 0.1) is 17.0 Å². The maximum Gasteiger partial charge on any atom is 0.241 e. The minimum absolute atomic E-state index is 0.108. The van der Waals surface area contributed by atoms with Gasteiger partial charge >= 0.3 is 0 Å². The van der Waals surface area contributed by atoms with Gasteiger partial charge in [-0.05, 0) is 18.2 Å². The van der Waals surface area contributed by atoms with E-state index in [1.807, 2.05) is 0 Å². The molecule has 3 N–H and O–H groups in total. The molecule has 21 heavy (non-hydrogen) atoms. The summed E-state index contributed by atoms with van der Waals surface area (Å²) in [5.74, 6) is -0.766. The van der Waals surface area contributed by atoms with Crippen LogP contribution in [0.5, 0.6) is 0 Å². The van der Waals surface area contributed by atoms with Crippen molar-refractivity contribution in [2.45, 2.75) is 11.4 Å². The molecule has 0 aliphatic heterocycles. The summed E-state index contributed by atoms with van der Waals surface area (Å²) in [4.78, 5) is -0.573. The van der Waals surface area contributed by atoms with Gasteiger partial charge in [0.2, 0.25) is 10.0 Å². The largest absolute Gasteiger partial charge is 0.389 e. The first kappa shape index (κ1) is 15.5. The van der Waals surface area contributed by atoms with Crippen molar-refractivity contribution in [3.05, 3.63) is 48.0 Å². The van der Waals surface area contributed by atoms with E-state index in [4.69, 9.17) is 18.0 Å². The number of benzene rings is 1. The Morgan fingerprint density at radius 3 is 2.81 bits per heavy atom. The first-order chi connectivity index (χ1) is 9.92. The zero-order valence-corrected chi connectivity index (χ0v) is 12.5. The normalized spacial score (nSPS) is 11.5. The van der Waals surface area contributed by atoms with E-state index in [9.17, 15) is 12.8 Å². The van der Waals surface area contributed by atoms with E-state index in [0.29, 0.717) is 6.54 Å². The summed E-state index contributed by atoms with van der Waals surface area (Å²) in [5, 5.41) is 3.95. The van der Waals surface area contributed by atoms with Crippen LogP contribution in [0, 0.1) is 5.82 Å². The van der Waals surface area contributed by atoms with E-state index in [1.54, 1.807) is 23.1 Å². The molecule has 0 aliphatic carbocycles. The Balaban J connectivity index is 2.20. The van der Waals surface area contributed by atoms with Gasteiger partial charge in [0, 0.05) is 18.9 Å². The third kappa shape index (κ3) is 3.63.